The Kier molecular flexibility index (Phi) is 7.10. The van der Waals surface area contributed by atoms with Gasteiger partial charge in [-0.2, -0.15) is 0 Å². The molecular weight excluding hydrogens is 456 g/mol. The summed E-state index contributed by atoms with van der Waals surface area (Å²) in [5.41, 5.74) is -8.36. The average molecular weight is 474 g/mol. The third kappa shape index (κ3) is 4.57. The summed E-state index contributed by atoms with van der Waals surface area (Å²) in [6.07, 6.45) is 2.39. The van der Waals surface area contributed by atoms with Crippen molar-refractivity contribution >= 4 is 35.7 Å². The van der Waals surface area contributed by atoms with Gasteiger partial charge in [-0.15, -0.1) is 0 Å². The Morgan fingerprint density at radius 1 is 0.588 bits per heavy atom. The van der Waals surface area contributed by atoms with Crippen molar-refractivity contribution in [1.82, 2.24) is 0 Å². The summed E-state index contributed by atoms with van der Waals surface area (Å²) >= 11 is 0. The van der Waals surface area contributed by atoms with E-state index in [0.717, 1.165) is 36.4 Å². The van der Waals surface area contributed by atoms with E-state index in [0.29, 0.717) is 12.2 Å². The van der Waals surface area contributed by atoms with Crippen LogP contribution in [0.25, 0.3) is 12.2 Å². The summed E-state index contributed by atoms with van der Waals surface area (Å²) in [7, 11) is 0. The number of aliphatic carboxylic acids is 2. The lowest BCUT2D eigenvalue weighted by Crippen LogP contribution is -2.71. The SMILES string of the molecule is O=C(O)[C@@](O)(C(=O)C=Cc1ccc(O)c(O)c1)[C@@](O)(C(=O)O)C(=O)C=Cc1ccc(O)c(O)c1. The van der Waals surface area contributed by atoms with Crippen LogP contribution in [0.3, 0.4) is 0 Å². The molecule has 0 unspecified atom stereocenters. The van der Waals surface area contributed by atoms with E-state index >= 15 is 0 Å². The third-order valence-electron chi connectivity index (χ3n) is 4.71. The Hall–Kier alpha value is -4.68. The van der Waals surface area contributed by atoms with E-state index in [1.54, 1.807) is 0 Å². The van der Waals surface area contributed by atoms with Crippen LogP contribution >= 0.6 is 0 Å². The van der Waals surface area contributed by atoms with E-state index in [1.165, 1.54) is 12.1 Å². The van der Waals surface area contributed by atoms with Crippen LogP contribution in [0.2, 0.25) is 0 Å². The van der Waals surface area contributed by atoms with Crippen molar-refractivity contribution < 1.29 is 60.0 Å². The quantitative estimate of drug-likeness (QED) is 0.136. The number of carboxylic acid groups (broad SMARTS) is 2. The molecule has 8 N–H and O–H groups in total. The molecule has 0 aromatic heterocycles. The lowest BCUT2D eigenvalue weighted by atomic mass is 9.76. The molecule has 0 heterocycles. The summed E-state index contributed by atoms with van der Waals surface area (Å²) in [5, 5.41) is 77.4. The first-order valence-corrected chi connectivity index (χ1v) is 9.15. The summed E-state index contributed by atoms with van der Waals surface area (Å²) in [6, 6.07) is 6.27. The van der Waals surface area contributed by atoms with Crippen molar-refractivity contribution in [1.29, 1.82) is 0 Å². The molecule has 0 saturated carbocycles. The van der Waals surface area contributed by atoms with Gasteiger partial charge in [-0.1, -0.05) is 24.3 Å². The fourth-order valence-corrected chi connectivity index (χ4v) is 2.75. The van der Waals surface area contributed by atoms with Crippen molar-refractivity contribution in [2.24, 2.45) is 0 Å². The Morgan fingerprint density at radius 3 is 1.18 bits per heavy atom. The van der Waals surface area contributed by atoms with Crippen LogP contribution in [0.1, 0.15) is 11.1 Å². The van der Waals surface area contributed by atoms with Crippen LogP contribution in [0.4, 0.5) is 0 Å². The topological polar surface area (TPSA) is 230 Å². The number of phenolic OH excluding ortho intramolecular Hbond substituents is 4. The highest BCUT2D eigenvalue weighted by Crippen LogP contribution is 2.30. The lowest BCUT2D eigenvalue weighted by molar-refractivity contribution is -0.204. The minimum Gasteiger partial charge on any atom is -0.504 e. The van der Waals surface area contributed by atoms with Gasteiger partial charge in [-0.25, -0.2) is 9.59 Å². The van der Waals surface area contributed by atoms with Gasteiger partial charge < -0.3 is 40.9 Å². The second kappa shape index (κ2) is 9.44. The highest BCUT2D eigenvalue weighted by molar-refractivity contribution is 6.27. The van der Waals surface area contributed by atoms with Gasteiger partial charge in [0.15, 0.2) is 23.0 Å². The first-order valence-electron chi connectivity index (χ1n) is 9.15. The van der Waals surface area contributed by atoms with Crippen LogP contribution in [-0.2, 0) is 19.2 Å². The molecule has 0 aliphatic rings. The Morgan fingerprint density at radius 2 is 0.912 bits per heavy atom. The zero-order valence-electron chi connectivity index (χ0n) is 17.0. The predicted octanol–water partition coefficient (Wildman–Crippen LogP) is 0.00520. The summed E-state index contributed by atoms with van der Waals surface area (Å²) in [4.78, 5) is 48.6. The fraction of sp³-hybridized carbons (Fsp3) is 0.0909. The van der Waals surface area contributed by atoms with Crippen molar-refractivity contribution in [3.8, 4) is 23.0 Å². The normalized spacial score (nSPS) is 15.0. The maximum absolute atomic E-state index is 12.6. The van der Waals surface area contributed by atoms with Gasteiger partial charge in [0.25, 0.3) is 11.2 Å². The average Bonchev–Trinajstić information content (AvgIpc) is 2.78. The smallest absolute Gasteiger partial charge is 0.348 e. The van der Waals surface area contributed by atoms with E-state index in [2.05, 4.69) is 0 Å². The molecule has 2 aromatic rings. The van der Waals surface area contributed by atoms with Gasteiger partial charge in [-0.05, 0) is 47.5 Å². The summed E-state index contributed by atoms with van der Waals surface area (Å²) in [5.74, 6) is -11.1. The van der Waals surface area contributed by atoms with Crippen LogP contribution in [-0.4, -0.2) is 75.6 Å². The number of carbonyl (C=O) groups is 4. The van der Waals surface area contributed by atoms with E-state index in [1.807, 2.05) is 0 Å². The molecule has 0 aliphatic heterocycles. The third-order valence-corrected chi connectivity index (χ3v) is 4.71. The molecule has 12 nitrogen and oxygen atoms in total. The number of carbonyl (C=O) groups excluding carboxylic acids is 2. The van der Waals surface area contributed by atoms with Crippen molar-refractivity contribution in [2.75, 3.05) is 0 Å². The summed E-state index contributed by atoms with van der Waals surface area (Å²) in [6.45, 7) is 0. The monoisotopic (exact) mass is 474 g/mol. The Bertz CT molecular complexity index is 1130. The van der Waals surface area contributed by atoms with Crippen molar-refractivity contribution in [3.63, 3.8) is 0 Å². The van der Waals surface area contributed by atoms with Crippen LogP contribution in [0.15, 0.2) is 48.6 Å². The van der Waals surface area contributed by atoms with E-state index in [-0.39, 0.29) is 11.1 Å². The van der Waals surface area contributed by atoms with Crippen LogP contribution in [0.5, 0.6) is 23.0 Å². The molecule has 2 atom stereocenters. The number of hydrogen-bond donors (Lipinski definition) is 8. The van der Waals surface area contributed by atoms with Gasteiger partial charge in [0, 0.05) is 0 Å². The molecule has 0 bridgehead atoms. The largest absolute Gasteiger partial charge is 0.504 e. The predicted molar refractivity (Wildman–Crippen MR) is 113 cm³/mol. The number of phenols is 4. The second-order valence-corrected chi connectivity index (χ2v) is 6.92. The Balaban J connectivity index is 2.49. The van der Waals surface area contributed by atoms with Gasteiger partial charge in [0.05, 0.1) is 0 Å². The first kappa shape index (κ1) is 25.6. The number of benzene rings is 2. The maximum Gasteiger partial charge on any atom is 0.348 e. The fourth-order valence-electron chi connectivity index (χ4n) is 2.75. The van der Waals surface area contributed by atoms with E-state index < -0.39 is 57.7 Å². The molecule has 2 rings (SSSR count). The molecule has 0 fully saturated rings. The molecule has 0 spiro atoms. The molecule has 0 radical (unpaired) electrons. The zero-order valence-corrected chi connectivity index (χ0v) is 17.0. The molecular formula is C22H18O12. The summed E-state index contributed by atoms with van der Waals surface area (Å²) < 4.78 is 0. The molecule has 0 saturated heterocycles. The second-order valence-electron chi connectivity index (χ2n) is 6.92. The highest BCUT2D eigenvalue weighted by Gasteiger charge is 2.68. The first-order chi connectivity index (χ1) is 15.7. The minimum absolute atomic E-state index is 0.00798. The molecule has 12 heteroatoms. The minimum atomic E-state index is -4.19. The molecule has 34 heavy (non-hydrogen) atoms. The lowest BCUT2D eigenvalue weighted by Gasteiger charge is -2.33. The van der Waals surface area contributed by atoms with Gasteiger partial charge in [0.1, 0.15) is 0 Å². The number of hydrogen-bond acceptors (Lipinski definition) is 10. The van der Waals surface area contributed by atoms with E-state index in [4.69, 9.17) is 0 Å². The van der Waals surface area contributed by atoms with Gasteiger partial charge in [0.2, 0.25) is 11.6 Å². The van der Waals surface area contributed by atoms with Crippen LogP contribution in [0, 0.1) is 0 Å². The van der Waals surface area contributed by atoms with Crippen LogP contribution < -0.4 is 0 Å². The molecule has 0 aliphatic carbocycles. The number of carboxylic acids is 2. The standard InChI is InChI=1S/C22H18O12/c23-13-5-1-11(9-15(13)25)3-7-17(27)21(33,19(29)30)22(34,20(31)32)18(28)8-4-12-2-6-14(24)16(26)10-12/h1-10,23-26,33-34H,(H,29,30)(H,31,32)/t21-,22-/m0/s1. The van der Waals surface area contributed by atoms with Crippen molar-refractivity contribution in [3.05, 3.63) is 59.7 Å². The molecule has 0 amide bonds. The number of ketones is 2. The Labute approximate surface area is 190 Å². The van der Waals surface area contributed by atoms with Crippen molar-refractivity contribution in [2.45, 2.75) is 11.2 Å². The van der Waals surface area contributed by atoms with E-state index in [9.17, 15) is 60.0 Å². The van der Waals surface area contributed by atoms with Gasteiger partial charge >= 0.3 is 11.9 Å². The highest BCUT2D eigenvalue weighted by atomic mass is 16.5. The zero-order chi connectivity index (χ0) is 25.8. The maximum atomic E-state index is 12.6. The molecule has 178 valence electrons. The number of rotatable bonds is 9. The number of aliphatic hydroxyl groups is 2. The van der Waals surface area contributed by atoms with Gasteiger partial charge in [-0.3, -0.25) is 9.59 Å². The number of aromatic hydroxyl groups is 4. The molecule has 2 aromatic carbocycles.